The summed E-state index contributed by atoms with van der Waals surface area (Å²) < 4.78 is 33.6. The number of hydrogen-bond donors (Lipinski definition) is 1. The highest BCUT2D eigenvalue weighted by molar-refractivity contribution is 9.11. The van der Waals surface area contributed by atoms with Crippen LogP contribution in [0.5, 0.6) is 5.75 Å². The Balaban J connectivity index is 2.11. The van der Waals surface area contributed by atoms with Crippen LogP contribution >= 0.6 is 15.9 Å². The van der Waals surface area contributed by atoms with E-state index in [9.17, 15) is 8.42 Å². The average molecular weight is 396 g/mol. The van der Waals surface area contributed by atoms with E-state index in [1.165, 1.54) is 0 Å². The lowest BCUT2D eigenvalue weighted by atomic mass is 10.2. The average Bonchev–Trinajstić information content (AvgIpc) is 2.52. The summed E-state index contributed by atoms with van der Waals surface area (Å²) in [6.07, 6.45) is 0. The Morgan fingerprint density at radius 3 is 2.48 bits per heavy atom. The van der Waals surface area contributed by atoms with Crippen molar-refractivity contribution in [1.29, 1.82) is 0 Å². The predicted octanol–water partition coefficient (Wildman–Crippen LogP) is 3.76. The first-order valence-electron chi connectivity index (χ1n) is 6.99. The third-order valence-corrected chi connectivity index (χ3v) is 4.79. The van der Waals surface area contributed by atoms with Gasteiger partial charge in [0.15, 0.2) is 0 Å². The Labute approximate surface area is 145 Å². The van der Waals surface area contributed by atoms with E-state index in [-0.39, 0.29) is 11.4 Å². The molecular weight excluding hydrogens is 378 g/mol. The van der Waals surface area contributed by atoms with Crippen molar-refractivity contribution in [3.8, 4) is 5.75 Å². The first kappa shape index (κ1) is 17.7. The zero-order chi connectivity index (χ0) is 16.9. The molecule has 0 atom stereocenters. The summed E-state index contributed by atoms with van der Waals surface area (Å²) in [6, 6.07) is 14.0. The molecule has 0 aromatic heterocycles. The smallest absolute Gasteiger partial charge is 0.240 e. The van der Waals surface area contributed by atoms with Crippen LogP contribution in [0.15, 0.2) is 64.5 Å². The van der Waals surface area contributed by atoms with E-state index < -0.39 is 10.0 Å². The van der Waals surface area contributed by atoms with E-state index in [1.807, 2.05) is 25.1 Å². The van der Waals surface area contributed by atoms with E-state index in [2.05, 4.69) is 27.2 Å². The molecule has 2 aromatic carbocycles. The number of rotatable bonds is 7. The number of para-hydroxylation sites is 1. The summed E-state index contributed by atoms with van der Waals surface area (Å²) in [4.78, 5) is 0.246. The number of benzene rings is 2. The molecule has 23 heavy (non-hydrogen) atoms. The molecule has 0 unspecified atom stereocenters. The Bertz CT molecular complexity index is 786. The van der Waals surface area contributed by atoms with Crippen LogP contribution in [0, 0.1) is 6.92 Å². The Morgan fingerprint density at radius 1 is 1.17 bits per heavy atom. The zero-order valence-corrected chi connectivity index (χ0v) is 15.2. The van der Waals surface area contributed by atoms with Crippen LogP contribution in [-0.2, 0) is 16.6 Å². The highest BCUT2D eigenvalue weighted by Gasteiger charge is 2.14. The second kappa shape index (κ2) is 7.77. The number of hydrogen-bond acceptors (Lipinski definition) is 3. The Hall–Kier alpha value is -1.63. The number of nitrogens with one attached hydrogen (secondary N) is 1. The highest BCUT2D eigenvalue weighted by atomic mass is 79.9. The van der Waals surface area contributed by atoms with Crippen molar-refractivity contribution in [3.63, 3.8) is 0 Å². The molecule has 0 bridgehead atoms. The molecule has 122 valence electrons. The molecule has 0 radical (unpaired) electrons. The molecule has 2 rings (SSSR count). The maximum absolute atomic E-state index is 12.3. The van der Waals surface area contributed by atoms with Gasteiger partial charge in [-0.1, -0.05) is 58.4 Å². The summed E-state index contributed by atoms with van der Waals surface area (Å²) in [5.74, 6) is 0.625. The fourth-order valence-corrected chi connectivity index (χ4v) is 3.04. The summed E-state index contributed by atoms with van der Waals surface area (Å²) in [7, 11) is -3.56. The summed E-state index contributed by atoms with van der Waals surface area (Å²) in [5, 5.41) is 0. The van der Waals surface area contributed by atoms with Crippen molar-refractivity contribution < 1.29 is 13.2 Å². The fraction of sp³-hybridized carbons (Fsp3) is 0.176. The normalized spacial score (nSPS) is 11.2. The summed E-state index contributed by atoms with van der Waals surface area (Å²) in [5.41, 5.74) is 1.77. The van der Waals surface area contributed by atoms with Crippen LogP contribution in [0.2, 0.25) is 0 Å². The van der Waals surface area contributed by atoms with Crippen molar-refractivity contribution in [2.24, 2.45) is 0 Å². The van der Waals surface area contributed by atoms with E-state index >= 15 is 0 Å². The first-order chi connectivity index (χ1) is 10.9. The molecule has 2 aromatic rings. The van der Waals surface area contributed by atoms with Gasteiger partial charge in [0.05, 0.1) is 4.90 Å². The van der Waals surface area contributed by atoms with Gasteiger partial charge in [-0.25, -0.2) is 13.1 Å². The highest BCUT2D eigenvalue weighted by Crippen LogP contribution is 2.20. The quantitative estimate of drug-likeness (QED) is 0.776. The third-order valence-electron chi connectivity index (χ3n) is 3.14. The molecule has 1 N–H and O–H groups in total. The van der Waals surface area contributed by atoms with Crippen LogP contribution in [-0.4, -0.2) is 15.0 Å². The lowest BCUT2D eigenvalue weighted by Gasteiger charge is -2.12. The van der Waals surface area contributed by atoms with Crippen LogP contribution < -0.4 is 9.46 Å². The molecule has 0 aliphatic heterocycles. The van der Waals surface area contributed by atoms with Crippen molar-refractivity contribution in [2.75, 3.05) is 6.61 Å². The van der Waals surface area contributed by atoms with Gasteiger partial charge in [0.2, 0.25) is 10.0 Å². The third kappa shape index (κ3) is 5.20. The Kier molecular flexibility index (Phi) is 5.98. The SMILES string of the molecule is C=C(Br)COc1ccccc1CNS(=O)(=O)c1ccc(C)cc1. The van der Waals surface area contributed by atoms with Gasteiger partial charge in [0.1, 0.15) is 12.4 Å². The standard InChI is InChI=1S/C17H18BrNO3S/c1-13-7-9-16(10-8-13)23(20,21)19-11-15-5-3-4-6-17(15)22-12-14(2)18/h3-10,19H,2,11-12H2,1H3. The van der Waals surface area contributed by atoms with Crippen LogP contribution in [0.3, 0.4) is 0 Å². The van der Waals surface area contributed by atoms with Gasteiger partial charge >= 0.3 is 0 Å². The number of sulfonamides is 1. The topological polar surface area (TPSA) is 55.4 Å². The van der Waals surface area contributed by atoms with Crippen molar-refractivity contribution in [2.45, 2.75) is 18.4 Å². The maximum Gasteiger partial charge on any atom is 0.240 e. The Morgan fingerprint density at radius 2 is 1.83 bits per heavy atom. The van der Waals surface area contributed by atoms with Gasteiger partial charge in [-0.3, -0.25) is 0 Å². The largest absolute Gasteiger partial charge is 0.488 e. The van der Waals surface area contributed by atoms with Gasteiger partial charge < -0.3 is 4.74 Å². The van der Waals surface area contributed by atoms with E-state index in [0.717, 1.165) is 11.1 Å². The van der Waals surface area contributed by atoms with E-state index in [0.29, 0.717) is 16.8 Å². The lowest BCUT2D eigenvalue weighted by molar-refractivity contribution is 0.356. The summed E-state index contributed by atoms with van der Waals surface area (Å²) >= 11 is 3.23. The van der Waals surface area contributed by atoms with Gasteiger partial charge in [-0.05, 0) is 25.1 Å². The minimum atomic E-state index is -3.56. The number of aryl methyl sites for hydroxylation is 1. The van der Waals surface area contributed by atoms with Gasteiger partial charge in [0, 0.05) is 16.6 Å². The van der Waals surface area contributed by atoms with E-state index in [1.54, 1.807) is 30.3 Å². The molecule has 6 heteroatoms. The second-order valence-electron chi connectivity index (χ2n) is 5.05. The molecule has 0 aliphatic rings. The van der Waals surface area contributed by atoms with E-state index in [4.69, 9.17) is 4.74 Å². The lowest BCUT2D eigenvalue weighted by Crippen LogP contribution is -2.23. The van der Waals surface area contributed by atoms with Gasteiger partial charge in [-0.15, -0.1) is 0 Å². The molecule has 4 nitrogen and oxygen atoms in total. The maximum atomic E-state index is 12.3. The van der Waals surface area contributed by atoms with Crippen molar-refractivity contribution in [3.05, 3.63) is 70.7 Å². The number of halogens is 1. The fourth-order valence-electron chi connectivity index (χ4n) is 1.92. The van der Waals surface area contributed by atoms with Crippen molar-refractivity contribution in [1.82, 2.24) is 4.72 Å². The zero-order valence-electron chi connectivity index (χ0n) is 12.8. The molecule has 0 amide bonds. The first-order valence-corrected chi connectivity index (χ1v) is 9.26. The van der Waals surface area contributed by atoms with Crippen molar-refractivity contribution >= 4 is 26.0 Å². The molecule has 0 aliphatic carbocycles. The monoisotopic (exact) mass is 395 g/mol. The summed E-state index contributed by atoms with van der Waals surface area (Å²) in [6.45, 7) is 6.10. The molecule has 0 fully saturated rings. The van der Waals surface area contributed by atoms with Crippen LogP contribution in [0.1, 0.15) is 11.1 Å². The van der Waals surface area contributed by atoms with Crippen LogP contribution in [0.4, 0.5) is 0 Å². The molecular formula is C17H18BrNO3S. The molecule has 0 spiro atoms. The number of ether oxygens (including phenoxy) is 1. The van der Waals surface area contributed by atoms with Crippen LogP contribution in [0.25, 0.3) is 0 Å². The molecule has 0 saturated heterocycles. The second-order valence-corrected chi connectivity index (χ2v) is 7.94. The molecule has 0 heterocycles. The minimum Gasteiger partial charge on any atom is -0.488 e. The van der Waals surface area contributed by atoms with Gasteiger partial charge in [-0.2, -0.15) is 0 Å². The minimum absolute atomic E-state index is 0.154. The molecule has 0 saturated carbocycles. The predicted molar refractivity (Wildman–Crippen MR) is 95.2 cm³/mol. The van der Waals surface area contributed by atoms with Gasteiger partial charge in [0.25, 0.3) is 0 Å².